The lowest BCUT2D eigenvalue weighted by atomic mass is 10.2. The molecule has 1 N–H and O–H groups in total. The number of nitrogens with one attached hydrogen (secondary N) is 1. The van der Waals surface area contributed by atoms with Crippen LogP contribution in [0.2, 0.25) is 0 Å². The fourth-order valence-corrected chi connectivity index (χ4v) is 2.06. The first kappa shape index (κ1) is 12.3. The summed E-state index contributed by atoms with van der Waals surface area (Å²) in [7, 11) is 1.94. The summed E-state index contributed by atoms with van der Waals surface area (Å²) in [5.41, 5.74) is 3.41. The van der Waals surface area contributed by atoms with Crippen LogP contribution in [0.15, 0.2) is 22.8 Å². The molecule has 5 heteroatoms. The molecule has 90 valence electrons. The smallest absolute Gasteiger partial charge is 0.153 e. The van der Waals surface area contributed by atoms with Crippen molar-refractivity contribution in [2.24, 2.45) is 0 Å². The molecule has 0 aliphatic rings. The SMILES string of the molecule is CNCc1c(C)nn(-c2ccc(Br)cn2)c1C. The number of hydrogen-bond acceptors (Lipinski definition) is 3. The van der Waals surface area contributed by atoms with Crippen LogP contribution in [-0.4, -0.2) is 21.8 Å². The molecule has 2 heterocycles. The van der Waals surface area contributed by atoms with E-state index in [0.717, 1.165) is 28.2 Å². The second-order valence-corrected chi connectivity index (χ2v) is 4.84. The maximum absolute atomic E-state index is 4.53. The molecule has 0 radical (unpaired) electrons. The predicted molar refractivity (Wildman–Crippen MR) is 71.3 cm³/mol. The molecule has 2 aromatic heterocycles. The number of halogens is 1. The summed E-state index contributed by atoms with van der Waals surface area (Å²) in [4.78, 5) is 4.36. The van der Waals surface area contributed by atoms with Crippen LogP contribution in [0.4, 0.5) is 0 Å². The highest BCUT2D eigenvalue weighted by atomic mass is 79.9. The first-order valence-corrected chi connectivity index (χ1v) is 6.24. The molecule has 0 atom stereocenters. The molecular formula is C12H15BrN4. The van der Waals surface area contributed by atoms with Crippen LogP contribution in [0.1, 0.15) is 17.0 Å². The number of aryl methyl sites for hydroxylation is 1. The maximum atomic E-state index is 4.53. The van der Waals surface area contributed by atoms with Crippen molar-refractivity contribution < 1.29 is 0 Å². The number of pyridine rings is 1. The van der Waals surface area contributed by atoms with Crippen LogP contribution >= 0.6 is 15.9 Å². The monoisotopic (exact) mass is 294 g/mol. The van der Waals surface area contributed by atoms with Crippen molar-refractivity contribution in [3.8, 4) is 5.82 Å². The van der Waals surface area contributed by atoms with Crippen LogP contribution in [0.25, 0.3) is 5.82 Å². The van der Waals surface area contributed by atoms with Crippen molar-refractivity contribution >= 4 is 15.9 Å². The van der Waals surface area contributed by atoms with Gasteiger partial charge in [-0.25, -0.2) is 9.67 Å². The maximum Gasteiger partial charge on any atom is 0.153 e. The minimum Gasteiger partial charge on any atom is -0.316 e. The standard InChI is InChI=1S/C12H15BrN4/c1-8-11(7-14-3)9(2)17(16-8)12-5-4-10(13)6-15-12/h4-6,14H,7H2,1-3H3. The Balaban J connectivity index is 2.46. The minimum absolute atomic E-state index is 0.828. The molecule has 4 nitrogen and oxygen atoms in total. The van der Waals surface area contributed by atoms with E-state index in [9.17, 15) is 0 Å². The Bertz CT molecular complexity index is 516. The van der Waals surface area contributed by atoms with Crippen molar-refractivity contribution in [3.05, 3.63) is 39.8 Å². The van der Waals surface area contributed by atoms with E-state index in [2.05, 4.69) is 38.3 Å². The molecule has 0 fully saturated rings. The highest BCUT2D eigenvalue weighted by Crippen LogP contribution is 2.17. The van der Waals surface area contributed by atoms with Crippen molar-refractivity contribution in [3.63, 3.8) is 0 Å². The molecule has 17 heavy (non-hydrogen) atoms. The molecule has 0 saturated carbocycles. The summed E-state index contributed by atoms with van der Waals surface area (Å²) in [6.45, 7) is 4.92. The summed E-state index contributed by atoms with van der Waals surface area (Å²) in [5, 5.41) is 7.69. The first-order valence-electron chi connectivity index (χ1n) is 5.45. The second kappa shape index (κ2) is 4.98. The van der Waals surface area contributed by atoms with E-state index in [4.69, 9.17) is 0 Å². The van der Waals surface area contributed by atoms with E-state index < -0.39 is 0 Å². The van der Waals surface area contributed by atoms with E-state index in [0.29, 0.717) is 0 Å². The lowest BCUT2D eigenvalue weighted by Gasteiger charge is -2.04. The molecule has 0 bridgehead atoms. The molecule has 2 aromatic rings. The summed E-state index contributed by atoms with van der Waals surface area (Å²) in [6, 6.07) is 3.92. The fraction of sp³-hybridized carbons (Fsp3) is 0.333. The van der Waals surface area contributed by atoms with E-state index in [1.54, 1.807) is 6.20 Å². The summed E-state index contributed by atoms with van der Waals surface area (Å²) < 4.78 is 2.85. The van der Waals surface area contributed by atoms with Crippen LogP contribution < -0.4 is 5.32 Å². The zero-order chi connectivity index (χ0) is 12.4. The lowest BCUT2D eigenvalue weighted by molar-refractivity contribution is 0.791. The Kier molecular flexibility index (Phi) is 3.59. The average molecular weight is 295 g/mol. The zero-order valence-corrected chi connectivity index (χ0v) is 11.7. The molecule has 0 spiro atoms. The van der Waals surface area contributed by atoms with Gasteiger partial charge in [0.25, 0.3) is 0 Å². The molecular weight excluding hydrogens is 280 g/mol. The number of rotatable bonds is 3. The Morgan fingerprint density at radius 1 is 1.35 bits per heavy atom. The Morgan fingerprint density at radius 3 is 2.71 bits per heavy atom. The highest BCUT2D eigenvalue weighted by Gasteiger charge is 2.12. The second-order valence-electron chi connectivity index (χ2n) is 3.93. The van der Waals surface area contributed by atoms with Crippen LogP contribution in [0.3, 0.4) is 0 Å². The van der Waals surface area contributed by atoms with Gasteiger partial charge in [-0.1, -0.05) is 0 Å². The molecule has 2 rings (SSSR count). The Morgan fingerprint density at radius 2 is 2.12 bits per heavy atom. The van der Waals surface area contributed by atoms with E-state index >= 15 is 0 Å². The number of aromatic nitrogens is 3. The van der Waals surface area contributed by atoms with E-state index in [1.165, 1.54) is 5.56 Å². The summed E-state index contributed by atoms with van der Waals surface area (Å²) in [6.07, 6.45) is 1.78. The van der Waals surface area contributed by atoms with Crippen molar-refractivity contribution in [1.82, 2.24) is 20.1 Å². The van der Waals surface area contributed by atoms with Crippen LogP contribution in [0, 0.1) is 13.8 Å². The molecule has 0 aliphatic carbocycles. The van der Waals surface area contributed by atoms with Crippen molar-refractivity contribution in [2.75, 3.05) is 7.05 Å². The van der Waals surface area contributed by atoms with Gasteiger partial charge in [0.15, 0.2) is 5.82 Å². The van der Waals surface area contributed by atoms with Gasteiger partial charge in [-0.3, -0.25) is 0 Å². The van der Waals surface area contributed by atoms with Gasteiger partial charge in [-0.2, -0.15) is 5.10 Å². The quantitative estimate of drug-likeness (QED) is 0.945. The number of nitrogens with zero attached hydrogens (tertiary/aromatic N) is 3. The topological polar surface area (TPSA) is 42.7 Å². The summed E-state index contributed by atoms with van der Waals surface area (Å²) in [5.74, 6) is 0.844. The largest absolute Gasteiger partial charge is 0.316 e. The molecule has 0 aromatic carbocycles. The van der Waals surface area contributed by atoms with Gasteiger partial charge >= 0.3 is 0 Å². The zero-order valence-electron chi connectivity index (χ0n) is 10.2. The third kappa shape index (κ3) is 2.40. The van der Waals surface area contributed by atoms with Crippen molar-refractivity contribution in [2.45, 2.75) is 20.4 Å². The van der Waals surface area contributed by atoms with Gasteiger partial charge < -0.3 is 5.32 Å². The molecule has 0 aliphatic heterocycles. The third-order valence-electron chi connectivity index (χ3n) is 2.72. The highest BCUT2D eigenvalue weighted by molar-refractivity contribution is 9.10. The van der Waals surface area contributed by atoms with Gasteiger partial charge in [0.05, 0.1) is 5.69 Å². The van der Waals surface area contributed by atoms with Gasteiger partial charge in [-0.15, -0.1) is 0 Å². The third-order valence-corrected chi connectivity index (χ3v) is 3.19. The average Bonchev–Trinajstić information content (AvgIpc) is 2.59. The molecule has 0 amide bonds. The van der Waals surface area contributed by atoms with Crippen LogP contribution in [0.5, 0.6) is 0 Å². The predicted octanol–water partition coefficient (Wildman–Crippen LogP) is 2.37. The van der Waals surface area contributed by atoms with Crippen molar-refractivity contribution in [1.29, 1.82) is 0 Å². The fourth-order valence-electron chi connectivity index (χ4n) is 1.82. The molecule has 0 saturated heterocycles. The van der Waals surface area contributed by atoms with E-state index in [1.807, 2.05) is 30.8 Å². The van der Waals surface area contributed by atoms with Gasteiger partial charge in [-0.05, 0) is 49.0 Å². The molecule has 0 unspecified atom stereocenters. The number of hydrogen-bond donors (Lipinski definition) is 1. The normalized spacial score (nSPS) is 10.8. The Labute approximate surface area is 109 Å². The Hall–Kier alpha value is -1.20. The lowest BCUT2D eigenvalue weighted by Crippen LogP contribution is -2.07. The van der Waals surface area contributed by atoms with E-state index in [-0.39, 0.29) is 0 Å². The van der Waals surface area contributed by atoms with Gasteiger partial charge in [0.2, 0.25) is 0 Å². The van der Waals surface area contributed by atoms with Crippen LogP contribution in [-0.2, 0) is 6.54 Å². The first-order chi connectivity index (χ1) is 8.13. The summed E-state index contributed by atoms with van der Waals surface area (Å²) >= 11 is 3.38. The minimum atomic E-state index is 0.828. The van der Waals surface area contributed by atoms with Gasteiger partial charge in [0.1, 0.15) is 0 Å². The van der Waals surface area contributed by atoms with Gasteiger partial charge in [0, 0.05) is 28.5 Å².